The summed E-state index contributed by atoms with van der Waals surface area (Å²) in [4.78, 5) is 151. The Hall–Kier alpha value is -7.62. The Kier molecular flexibility index (Phi) is 26.6. The number of amides is 9. The first-order chi connectivity index (χ1) is 35.6. The lowest BCUT2D eigenvalue weighted by Crippen LogP contribution is -2.62. The van der Waals surface area contributed by atoms with E-state index < -0.39 is 157 Å². The number of benzene rings is 1. The minimum atomic E-state index is -1.87. The van der Waals surface area contributed by atoms with Gasteiger partial charge in [-0.05, 0) is 61.1 Å². The number of aliphatic hydroxyl groups excluding tert-OH is 1. The topological polar surface area (TPSA) is 473 Å². The van der Waals surface area contributed by atoms with Crippen LogP contribution in [0.2, 0.25) is 0 Å². The number of rotatable bonds is 32. The predicted molar refractivity (Wildman–Crippen MR) is 272 cm³/mol. The van der Waals surface area contributed by atoms with E-state index in [1.54, 1.807) is 41.5 Å². The first-order valence-corrected chi connectivity index (χ1v) is 25.0. The standard InChI is InChI=1S/C48H77N13O15/c1-7-24(5)37(44(72)54-29(11-9-17-53-48(51)52)40(68)56-31(47(75)76)19-26-13-15-27(63)16-14-26)59-41(69)30(21-35(65)66)55-45(73)38(25(6)8-2)60-42(70)32(22-62)57-43(71)33-12-10-18-61(33)46(74)36(23(3)4)58-39(67)28(49)20-34(50)64/h13-16,23-25,28-33,36-38,62-63H,7-12,17-22,49H2,1-6H3,(H2,50,64)(H,54,72)(H,55,73)(H,56,68)(H,57,71)(H,58,67)(H,59,69)(H,60,70)(H,65,66)(H,75,76)(H4,51,52,53)/t24-,25-,28-,29-,30-,31-,32-,33-,36-,37-,38-/m0/s1. The highest BCUT2D eigenvalue weighted by atomic mass is 16.4. The number of aliphatic hydroxyl groups is 1. The number of carboxylic acids is 2. The molecular weight excluding hydrogens is 999 g/mol. The molecule has 76 heavy (non-hydrogen) atoms. The van der Waals surface area contributed by atoms with Gasteiger partial charge in [-0.15, -0.1) is 0 Å². The summed E-state index contributed by atoms with van der Waals surface area (Å²) in [5.41, 5.74) is 22.2. The molecule has 1 aromatic rings. The van der Waals surface area contributed by atoms with Gasteiger partial charge in [0.15, 0.2) is 5.96 Å². The molecule has 2 rings (SSSR count). The van der Waals surface area contributed by atoms with Crippen LogP contribution in [-0.2, 0) is 59.2 Å². The second-order valence-electron chi connectivity index (χ2n) is 19.1. The van der Waals surface area contributed by atoms with Crippen LogP contribution in [0.3, 0.4) is 0 Å². The molecule has 0 aliphatic carbocycles. The number of aliphatic imine (C=N–C) groups is 1. The molecule has 19 N–H and O–H groups in total. The maximum Gasteiger partial charge on any atom is 0.326 e. The number of aliphatic carboxylic acids is 2. The molecule has 1 aliphatic heterocycles. The van der Waals surface area contributed by atoms with Crippen LogP contribution in [0.5, 0.6) is 5.75 Å². The number of carboxylic acid groups (broad SMARTS) is 2. The normalized spacial score (nSPS) is 17.1. The second kappa shape index (κ2) is 31.3. The number of nitrogens with two attached hydrogens (primary N) is 4. The van der Waals surface area contributed by atoms with Gasteiger partial charge in [-0.1, -0.05) is 66.5 Å². The smallest absolute Gasteiger partial charge is 0.326 e. The van der Waals surface area contributed by atoms with Crippen LogP contribution < -0.4 is 60.2 Å². The lowest BCUT2D eigenvalue weighted by atomic mass is 9.96. The fraction of sp³-hybridized carbons (Fsp3) is 0.625. The fourth-order valence-electron chi connectivity index (χ4n) is 7.96. The zero-order chi connectivity index (χ0) is 57.6. The summed E-state index contributed by atoms with van der Waals surface area (Å²) in [6.45, 7) is 8.84. The van der Waals surface area contributed by atoms with Gasteiger partial charge in [0.25, 0.3) is 0 Å². The van der Waals surface area contributed by atoms with Crippen molar-refractivity contribution in [3.05, 3.63) is 29.8 Å². The number of carbonyl (C=O) groups is 11. The maximum absolute atomic E-state index is 14.1. The van der Waals surface area contributed by atoms with Gasteiger partial charge in [-0.3, -0.25) is 52.9 Å². The summed E-state index contributed by atoms with van der Waals surface area (Å²) in [5, 5.41) is 56.9. The number of phenolic OH excluding ortho intramolecular Hbond substituents is 1. The van der Waals surface area contributed by atoms with Crippen molar-refractivity contribution in [2.45, 2.75) is 154 Å². The largest absolute Gasteiger partial charge is 0.508 e. The van der Waals surface area contributed by atoms with E-state index in [-0.39, 0.29) is 63.3 Å². The molecule has 0 unspecified atom stereocenters. The maximum atomic E-state index is 14.1. The Balaban J connectivity index is 2.33. The van der Waals surface area contributed by atoms with Crippen LogP contribution in [-0.4, -0.2) is 170 Å². The molecule has 0 saturated carbocycles. The van der Waals surface area contributed by atoms with Crippen molar-refractivity contribution in [1.29, 1.82) is 0 Å². The number of hydrogen-bond donors (Lipinski definition) is 15. The quantitative estimate of drug-likeness (QED) is 0.0185. The minimum Gasteiger partial charge on any atom is -0.508 e. The molecule has 0 bridgehead atoms. The van der Waals surface area contributed by atoms with E-state index in [9.17, 15) is 73.2 Å². The highest BCUT2D eigenvalue weighted by molar-refractivity contribution is 5.99. The van der Waals surface area contributed by atoms with E-state index in [0.29, 0.717) is 12.0 Å². The average molecular weight is 1080 g/mol. The summed E-state index contributed by atoms with van der Waals surface area (Å²) < 4.78 is 0. The highest BCUT2D eigenvalue weighted by Crippen LogP contribution is 2.21. The van der Waals surface area contributed by atoms with Crippen LogP contribution in [0.15, 0.2) is 29.3 Å². The molecule has 0 aromatic heterocycles. The summed E-state index contributed by atoms with van der Waals surface area (Å²) in [6, 6.07) is -7.56. The molecule has 1 aliphatic rings. The van der Waals surface area contributed by atoms with Gasteiger partial charge in [-0.2, -0.15) is 0 Å². The Bertz CT molecular complexity index is 2240. The Morgan fingerprint density at radius 2 is 1.18 bits per heavy atom. The second-order valence-corrected chi connectivity index (χ2v) is 19.1. The van der Waals surface area contributed by atoms with Gasteiger partial charge < -0.3 is 85.5 Å². The Morgan fingerprint density at radius 1 is 0.671 bits per heavy atom. The van der Waals surface area contributed by atoms with Gasteiger partial charge in [0, 0.05) is 19.5 Å². The molecule has 28 heteroatoms. The molecule has 1 saturated heterocycles. The summed E-state index contributed by atoms with van der Waals surface area (Å²) in [7, 11) is 0. The molecule has 28 nitrogen and oxygen atoms in total. The number of aromatic hydroxyl groups is 1. The number of carbonyl (C=O) groups excluding carboxylic acids is 9. The van der Waals surface area contributed by atoms with Crippen LogP contribution >= 0.6 is 0 Å². The van der Waals surface area contributed by atoms with Gasteiger partial charge in [-0.25, -0.2) is 4.79 Å². The van der Waals surface area contributed by atoms with Gasteiger partial charge in [0.2, 0.25) is 53.2 Å². The zero-order valence-electron chi connectivity index (χ0n) is 43.7. The lowest BCUT2D eigenvalue weighted by molar-refractivity contribution is -0.143. The molecule has 1 fully saturated rings. The average Bonchev–Trinajstić information content (AvgIpc) is 3.85. The van der Waals surface area contributed by atoms with E-state index in [0.717, 1.165) is 0 Å². The third-order valence-corrected chi connectivity index (χ3v) is 12.8. The molecule has 1 heterocycles. The van der Waals surface area contributed by atoms with Gasteiger partial charge in [0.05, 0.1) is 25.5 Å². The van der Waals surface area contributed by atoms with Crippen molar-refractivity contribution in [3.8, 4) is 5.75 Å². The highest BCUT2D eigenvalue weighted by Gasteiger charge is 2.41. The van der Waals surface area contributed by atoms with E-state index in [4.69, 9.17) is 22.9 Å². The first kappa shape index (κ1) is 64.5. The van der Waals surface area contributed by atoms with Gasteiger partial charge in [0.1, 0.15) is 54.1 Å². The molecule has 9 amide bonds. The summed E-state index contributed by atoms with van der Waals surface area (Å²) in [6.07, 6.45) is -0.767. The third kappa shape index (κ3) is 20.6. The SMILES string of the molecule is CC[C@H](C)[C@H](NC(=O)[C@H](CC(=O)O)NC(=O)[C@@H](NC(=O)[C@H](CO)NC(=O)[C@@H]1CCCN1C(=O)[C@@H](NC(=O)[C@@H](N)CC(N)=O)C(C)C)[C@@H](C)CC)C(=O)N[C@@H](CCCN=C(N)N)C(=O)N[C@@H](Cc1ccc(O)cc1)C(=O)O. The number of nitrogens with zero attached hydrogens (tertiary/aromatic N) is 2. The van der Waals surface area contributed by atoms with E-state index in [1.165, 1.54) is 29.2 Å². The first-order valence-electron chi connectivity index (χ1n) is 25.0. The van der Waals surface area contributed by atoms with E-state index in [2.05, 4.69) is 42.2 Å². The molecular formula is C48H77N13O15. The van der Waals surface area contributed by atoms with Crippen LogP contribution in [0.25, 0.3) is 0 Å². The van der Waals surface area contributed by atoms with Crippen molar-refractivity contribution < 1.29 is 73.2 Å². The molecule has 0 radical (unpaired) electrons. The number of primary amides is 1. The van der Waals surface area contributed by atoms with Crippen molar-refractivity contribution in [2.24, 2.45) is 45.7 Å². The van der Waals surface area contributed by atoms with Crippen molar-refractivity contribution in [3.63, 3.8) is 0 Å². The molecule has 11 atom stereocenters. The number of likely N-dealkylation sites (tertiary alicyclic amines) is 1. The summed E-state index contributed by atoms with van der Waals surface area (Å²) in [5.74, 6) is -13.5. The van der Waals surface area contributed by atoms with Gasteiger partial charge >= 0.3 is 11.9 Å². The van der Waals surface area contributed by atoms with E-state index >= 15 is 0 Å². The van der Waals surface area contributed by atoms with Crippen molar-refractivity contribution in [1.82, 2.24) is 42.1 Å². The fourth-order valence-corrected chi connectivity index (χ4v) is 7.96. The summed E-state index contributed by atoms with van der Waals surface area (Å²) >= 11 is 0. The number of nitrogens with one attached hydrogen (secondary N) is 7. The van der Waals surface area contributed by atoms with Crippen LogP contribution in [0.1, 0.15) is 98.5 Å². The minimum absolute atomic E-state index is 0.0105. The third-order valence-electron chi connectivity index (χ3n) is 12.8. The Labute approximate surface area is 440 Å². The molecule has 1 aromatic carbocycles. The lowest BCUT2D eigenvalue weighted by Gasteiger charge is -2.32. The number of phenols is 1. The van der Waals surface area contributed by atoms with Crippen LogP contribution in [0.4, 0.5) is 0 Å². The van der Waals surface area contributed by atoms with Crippen LogP contribution in [0, 0.1) is 17.8 Å². The number of guanidine groups is 1. The Morgan fingerprint density at radius 3 is 1.67 bits per heavy atom. The monoisotopic (exact) mass is 1080 g/mol. The predicted octanol–water partition coefficient (Wildman–Crippen LogP) is -4.12. The van der Waals surface area contributed by atoms with E-state index in [1.807, 2.05) is 0 Å². The molecule has 424 valence electrons. The number of hydrogen-bond acceptors (Lipinski definition) is 15. The van der Waals surface area contributed by atoms with Crippen molar-refractivity contribution >= 4 is 71.1 Å². The zero-order valence-corrected chi connectivity index (χ0v) is 43.7. The molecule has 0 spiro atoms. The van der Waals surface area contributed by atoms with Crippen molar-refractivity contribution in [2.75, 3.05) is 19.7 Å².